The van der Waals surface area contributed by atoms with E-state index in [1.54, 1.807) is 6.20 Å². The van der Waals surface area contributed by atoms with Crippen molar-refractivity contribution in [2.45, 2.75) is 37.5 Å². The Hall–Kier alpha value is -1.97. The second-order valence-electron chi connectivity index (χ2n) is 9.07. The number of hydrogen-bond donors (Lipinski definition) is 2. The normalized spacial score (nSPS) is 29.0. The van der Waals surface area contributed by atoms with Crippen LogP contribution in [0.3, 0.4) is 0 Å². The minimum Gasteiger partial charge on any atom is -0.389 e. The largest absolute Gasteiger partial charge is 0.389 e. The van der Waals surface area contributed by atoms with Crippen LogP contribution in [0.5, 0.6) is 0 Å². The summed E-state index contributed by atoms with van der Waals surface area (Å²) in [6.07, 6.45) is 2.53. The number of nitrogens with zero attached hydrogens (tertiary/aromatic N) is 3. The molecule has 3 aliphatic heterocycles. The molecule has 8 nitrogen and oxygen atoms in total. The Kier molecular flexibility index (Phi) is 5.98. The fourth-order valence-electron chi connectivity index (χ4n) is 4.87. The smallest absolute Gasteiger partial charge is 0.254 e. The molecule has 2 N–H and O–H groups in total. The molecule has 3 aliphatic rings. The molecule has 3 atom stereocenters. The number of aliphatic hydroxyl groups is 1. The van der Waals surface area contributed by atoms with Gasteiger partial charge in [-0.05, 0) is 43.4 Å². The Bertz CT molecular complexity index is 1010. The second-order valence-corrected chi connectivity index (χ2v) is 9.48. The number of aromatic nitrogens is 1. The molecule has 0 bridgehead atoms. The lowest BCUT2D eigenvalue weighted by molar-refractivity contribution is -0.124. The van der Waals surface area contributed by atoms with E-state index in [1.807, 2.05) is 12.1 Å². The lowest BCUT2D eigenvalue weighted by Crippen LogP contribution is -2.60. The van der Waals surface area contributed by atoms with Crippen molar-refractivity contribution >= 4 is 39.8 Å². The minimum absolute atomic E-state index is 0.147. The summed E-state index contributed by atoms with van der Waals surface area (Å²) in [6.45, 7) is 6.91. The molecule has 1 unspecified atom stereocenters. The van der Waals surface area contributed by atoms with Crippen LogP contribution in [0.25, 0.3) is 10.8 Å². The van der Waals surface area contributed by atoms with Gasteiger partial charge in [0.1, 0.15) is 11.9 Å². The van der Waals surface area contributed by atoms with Crippen LogP contribution in [0, 0.1) is 0 Å². The zero-order chi connectivity index (χ0) is 22.3. The van der Waals surface area contributed by atoms with Crippen LogP contribution >= 0.6 is 11.6 Å². The van der Waals surface area contributed by atoms with E-state index in [0.717, 1.165) is 55.5 Å². The van der Waals surface area contributed by atoms with Gasteiger partial charge in [0.25, 0.3) is 5.91 Å². The van der Waals surface area contributed by atoms with E-state index < -0.39 is 12.2 Å². The van der Waals surface area contributed by atoms with Gasteiger partial charge in [0.2, 0.25) is 0 Å². The third-order valence-corrected chi connectivity index (χ3v) is 7.29. The number of hydrogen-bond acceptors (Lipinski definition) is 7. The highest BCUT2D eigenvalue weighted by molar-refractivity contribution is 6.34. The summed E-state index contributed by atoms with van der Waals surface area (Å²) in [6, 6.07) is 5.87. The van der Waals surface area contributed by atoms with Gasteiger partial charge in [-0.2, -0.15) is 0 Å². The van der Waals surface area contributed by atoms with Crippen LogP contribution in [0.1, 0.15) is 19.8 Å². The van der Waals surface area contributed by atoms with E-state index in [-0.39, 0.29) is 11.4 Å². The van der Waals surface area contributed by atoms with Crippen molar-refractivity contribution in [3.05, 3.63) is 29.4 Å². The third kappa shape index (κ3) is 4.06. The SMILES string of the molecule is C[C@]1(N2CCN(c3cc4cc(NC(=O)C5CCCO5)ncc4cc3Cl)CC2)COC[C@H]1O. The number of carbonyl (C=O) groups is 1. The van der Waals surface area contributed by atoms with Crippen LogP contribution in [-0.4, -0.2) is 84.6 Å². The van der Waals surface area contributed by atoms with Crippen LogP contribution < -0.4 is 10.2 Å². The third-order valence-electron chi connectivity index (χ3n) is 6.99. The first-order valence-corrected chi connectivity index (χ1v) is 11.6. The lowest BCUT2D eigenvalue weighted by atomic mass is 9.95. The lowest BCUT2D eigenvalue weighted by Gasteiger charge is -2.45. The van der Waals surface area contributed by atoms with Gasteiger partial charge < -0.3 is 24.8 Å². The summed E-state index contributed by atoms with van der Waals surface area (Å²) in [4.78, 5) is 21.3. The first kappa shape index (κ1) is 21.9. The van der Waals surface area contributed by atoms with E-state index in [2.05, 4.69) is 33.1 Å². The van der Waals surface area contributed by atoms with Gasteiger partial charge in [0.15, 0.2) is 0 Å². The summed E-state index contributed by atoms with van der Waals surface area (Å²) >= 11 is 6.63. The number of carbonyl (C=O) groups excluding carboxylic acids is 1. The van der Waals surface area contributed by atoms with Gasteiger partial charge in [-0.1, -0.05) is 11.6 Å². The standard InChI is InChI=1S/C23H29ClN4O4/c1-23(14-31-13-20(23)29)28-6-4-27(5-7-28)18-10-15-11-21(25-12-16(15)9-17(18)24)26-22(30)19-3-2-8-32-19/h9-12,19-20,29H,2-8,13-14H2,1H3,(H,25,26,30)/t19?,20-,23+/m1/s1. The minimum atomic E-state index is -0.464. The fraction of sp³-hybridized carbons (Fsp3) is 0.565. The van der Waals surface area contributed by atoms with Crippen LogP contribution in [-0.2, 0) is 14.3 Å². The van der Waals surface area contributed by atoms with E-state index >= 15 is 0 Å². The Labute approximate surface area is 192 Å². The first-order valence-electron chi connectivity index (χ1n) is 11.2. The zero-order valence-electron chi connectivity index (χ0n) is 18.2. The molecule has 0 spiro atoms. The number of anilines is 2. The highest BCUT2D eigenvalue weighted by Crippen LogP contribution is 2.34. The van der Waals surface area contributed by atoms with Gasteiger partial charge in [-0.15, -0.1) is 0 Å². The number of fused-ring (bicyclic) bond motifs is 1. The molecule has 5 rings (SSSR count). The van der Waals surface area contributed by atoms with Gasteiger partial charge in [0.05, 0.1) is 35.6 Å². The van der Waals surface area contributed by atoms with Gasteiger partial charge in [0, 0.05) is 44.4 Å². The fourth-order valence-corrected chi connectivity index (χ4v) is 5.16. The number of nitrogens with one attached hydrogen (secondary N) is 1. The Balaban J connectivity index is 1.31. The van der Waals surface area contributed by atoms with Gasteiger partial charge in [-0.25, -0.2) is 4.98 Å². The molecular formula is C23H29ClN4O4. The Morgan fingerprint density at radius 3 is 2.75 bits per heavy atom. The van der Waals surface area contributed by atoms with E-state index in [9.17, 15) is 9.90 Å². The average molecular weight is 461 g/mol. The molecular weight excluding hydrogens is 432 g/mol. The maximum Gasteiger partial charge on any atom is 0.254 e. The summed E-state index contributed by atoms with van der Waals surface area (Å²) in [5, 5.41) is 15.8. The molecule has 3 saturated heterocycles. The van der Waals surface area contributed by atoms with Crippen molar-refractivity contribution in [3.8, 4) is 0 Å². The van der Waals surface area contributed by atoms with Crippen LogP contribution in [0.4, 0.5) is 11.5 Å². The van der Waals surface area contributed by atoms with Crippen molar-refractivity contribution < 1.29 is 19.4 Å². The van der Waals surface area contributed by atoms with Crippen molar-refractivity contribution in [2.24, 2.45) is 0 Å². The first-order chi connectivity index (χ1) is 15.4. The van der Waals surface area contributed by atoms with Crippen molar-refractivity contribution in [2.75, 3.05) is 56.2 Å². The molecule has 1 aromatic heterocycles. The number of ether oxygens (including phenoxy) is 2. The maximum absolute atomic E-state index is 12.4. The number of amides is 1. The summed E-state index contributed by atoms with van der Waals surface area (Å²) in [5.41, 5.74) is 0.635. The highest BCUT2D eigenvalue weighted by Gasteiger charge is 2.44. The summed E-state index contributed by atoms with van der Waals surface area (Å²) in [5.74, 6) is 0.366. The molecule has 9 heteroatoms. The monoisotopic (exact) mass is 460 g/mol. The van der Waals surface area contributed by atoms with E-state index in [1.165, 1.54) is 0 Å². The summed E-state index contributed by atoms with van der Waals surface area (Å²) in [7, 11) is 0. The number of halogens is 1. The van der Waals surface area contributed by atoms with Crippen LogP contribution in [0.15, 0.2) is 24.4 Å². The average Bonchev–Trinajstić information content (AvgIpc) is 3.45. The van der Waals surface area contributed by atoms with E-state index in [0.29, 0.717) is 30.7 Å². The molecule has 32 heavy (non-hydrogen) atoms. The predicted molar refractivity (Wildman–Crippen MR) is 123 cm³/mol. The number of piperazine rings is 1. The Morgan fingerprint density at radius 1 is 1.25 bits per heavy atom. The molecule has 2 aromatic rings. The highest BCUT2D eigenvalue weighted by atomic mass is 35.5. The quantitative estimate of drug-likeness (QED) is 0.723. The molecule has 172 valence electrons. The maximum atomic E-state index is 12.4. The van der Waals surface area contributed by atoms with Crippen molar-refractivity contribution in [1.82, 2.24) is 9.88 Å². The molecule has 0 saturated carbocycles. The molecule has 4 heterocycles. The van der Waals surface area contributed by atoms with Crippen LogP contribution in [0.2, 0.25) is 5.02 Å². The predicted octanol–water partition coefficient (Wildman–Crippen LogP) is 2.28. The summed E-state index contributed by atoms with van der Waals surface area (Å²) < 4.78 is 11.0. The van der Waals surface area contributed by atoms with Crippen molar-refractivity contribution in [1.29, 1.82) is 0 Å². The molecule has 1 aromatic carbocycles. The van der Waals surface area contributed by atoms with Crippen molar-refractivity contribution in [3.63, 3.8) is 0 Å². The number of pyridine rings is 1. The number of benzene rings is 1. The van der Waals surface area contributed by atoms with Gasteiger partial charge in [-0.3, -0.25) is 9.69 Å². The molecule has 3 fully saturated rings. The zero-order valence-corrected chi connectivity index (χ0v) is 19.0. The number of aliphatic hydroxyl groups excluding tert-OH is 1. The second kappa shape index (κ2) is 8.76. The molecule has 0 radical (unpaired) electrons. The number of rotatable bonds is 4. The molecule has 0 aliphatic carbocycles. The van der Waals surface area contributed by atoms with Gasteiger partial charge >= 0.3 is 0 Å². The van der Waals surface area contributed by atoms with E-state index in [4.69, 9.17) is 21.1 Å². The topological polar surface area (TPSA) is 87.2 Å². The Morgan fingerprint density at radius 2 is 2.06 bits per heavy atom. The molecule has 1 amide bonds.